The van der Waals surface area contributed by atoms with Gasteiger partial charge in [-0.1, -0.05) is 57.8 Å². The molecular formula is C21H31F9Si. The van der Waals surface area contributed by atoms with Crippen molar-refractivity contribution in [3.8, 4) is 0 Å². The number of alkyl halides is 9. The van der Waals surface area contributed by atoms with Gasteiger partial charge in [-0.05, 0) is 35.9 Å². The average molecular weight is 483 g/mol. The van der Waals surface area contributed by atoms with Gasteiger partial charge in [-0.15, -0.1) is 0 Å². The molecule has 0 N–H and O–H groups in total. The van der Waals surface area contributed by atoms with Crippen LogP contribution >= 0.6 is 0 Å². The van der Waals surface area contributed by atoms with E-state index in [1.54, 1.807) is 0 Å². The highest BCUT2D eigenvalue weighted by Gasteiger charge is 2.59. The Kier molecular flexibility index (Phi) is 7.68. The van der Waals surface area contributed by atoms with Crippen molar-refractivity contribution >= 4 is 8.80 Å². The van der Waals surface area contributed by atoms with Crippen molar-refractivity contribution in [3.05, 3.63) is 0 Å². The summed E-state index contributed by atoms with van der Waals surface area (Å²) < 4.78 is 125. The van der Waals surface area contributed by atoms with Crippen molar-refractivity contribution in [2.45, 2.75) is 112 Å². The minimum Gasteiger partial charge on any atom is -0.171 e. The van der Waals surface area contributed by atoms with E-state index in [1.807, 2.05) is 0 Å². The van der Waals surface area contributed by atoms with Gasteiger partial charge >= 0.3 is 18.5 Å². The lowest BCUT2D eigenvalue weighted by Crippen LogP contribution is -2.50. The maximum atomic E-state index is 13.9. The van der Waals surface area contributed by atoms with Crippen LogP contribution in [0.3, 0.4) is 0 Å². The van der Waals surface area contributed by atoms with Crippen LogP contribution in [-0.4, -0.2) is 27.3 Å². The molecule has 0 radical (unpaired) electrons. The number of hydrogen-bond acceptors (Lipinski definition) is 0. The van der Waals surface area contributed by atoms with Crippen LogP contribution < -0.4 is 0 Å². The van der Waals surface area contributed by atoms with Crippen LogP contribution in [0.1, 0.15) is 77.0 Å². The lowest BCUT2D eigenvalue weighted by molar-refractivity contribution is -0.188. The van der Waals surface area contributed by atoms with E-state index in [0.29, 0.717) is 38.5 Å². The second-order valence-corrected chi connectivity index (χ2v) is 13.6. The predicted octanol–water partition coefficient (Wildman–Crippen LogP) is 8.58. The number of hydrogen-bond donors (Lipinski definition) is 0. The quantitative estimate of drug-likeness (QED) is 0.279. The standard InChI is InChI=1S/C21H31F9Si/c22-19(23,24)13-7-1-4-10-16(13)31(17-11-5-2-8-14(17)20(25,26)27)18-12-6-3-9-15(18)21(28,29)30/h13-18,31H,1-12H2/t13-,14-,15+,16-,17+,18-,31?/m1/s1. The molecule has 3 aliphatic carbocycles. The second-order valence-electron chi connectivity index (χ2n) is 9.87. The van der Waals surface area contributed by atoms with Crippen LogP contribution in [-0.2, 0) is 0 Å². The summed E-state index contributed by atoms with van der Waals surface area (Å²) in [6, 6.07) is 0. The van der Waals surface area contributed by atoms with Crippen LogP contribution in [0.5, 0.6) is 0 Å². The monoisotopic (exact) mass is 482 g/mol. The largest absolute Gasteiger partial charge is 0.391 e. The summed E-state index contributed by atoms with van der Waals surface area (Å²) in [4.78, 5) is 0. The molecule has 182 valence electrons. The Labute approximate surface area is 178 Å². The highest BCUT2D eigenvalue weighted by Crippen LogP contribution is 2.60. The molecule has 3 fully saturated rings. The molecule has 0 spiro atoms. The first-order valence-corrected chi connectivity index (χ1v) is 13.5. The molecule has 10 heteroatoms. The van der Waals surface area contributed by atoms with E-state index in [0.717, 1.165) is 0 Å². The van der Waals surface area contributed by atoms with Gasteiger partial charge < -0.3 is 0 Å². The number of rotatable bonds is 3. The maximum absolute atomic E-state index is 13.9. The fourth-order valence-corrected chi connectivity index (χ4v) is 13.6. The smallest absolute Gasteiger partial charge is 0.171 e. The van der Waals surface area contributed by atoms with E-state index in [2.05, 4.69) is 0 Å². The highest BCUT2D eigenvalue weighted by molar-refractivity contribution is 6.64. The third-order valence-electron chi connectivity index (χ3n) is 8.20. The molecule has 0 nitrogen and oxygen atoms in total. The van der Waals surface area contributed by atoms with Crippen molar-refractivity contribution in [1.82, 2.24) is 0 Å². The van der Waals surface area contributed by atoms with Crippen LogP contribution in [0.25, 0.3) is 0 Å². The zero-order chi connectivity index (χ0) is 23.0. The topological polar surface area (TPSA) is 0 Å². The summed E-state index contributed by atoms with van der Waals surface area (Å²) in [5, 5.41) is 0. The first-order valence-electron chi connectivity index (χ1n) is 11.5. The molecule has 3 saturated carbocycles. The molecule has 0 saturated heterocycles. The molecule has 3 rings (SSSR count). The lowest BCUT2D eigenvalue weighted by Gasteiger charge is -2.50. The Hall–Kier alpha value is -0.413. The van der Waals surface area contributed by atoms with Gasteiger partial charge in [0.05, 0.1) is 17.8 Å². The van der Waals surface area contributed by atoms with Gasteiger partial charge in [0.25, 0.3) is 0 Å². The Morgan fingerprint density at radius 1 is 0.387 bits per heavy atom. The van der Waals surface area contributed by atoms with Crippen molar-refractivity contribution in [1.29, 1.82) is 0 Å². The Bertz CT molecular complexity index is 502. The summed E-state index contributed by atoms with van der Waals surface area (Å²) in [5.41, 5.74) is -3.06. The Morgan fingerprint density at radius 3 is 0.839 bits per heavy atom. The summed E-state index contributed by atoms with van der Waals surface area (Å²) in [6.45, 7) is 0. The third kappa shape index (κ3) is 5.75. The summed E-state index contributed by atoms with van der Waals surface area (Å²) in [6.07, 6.45) is -11.4. The summed E-state index contributed by atoms with van der Waals surface area (Å²) in [7, 11) is -3.11. The second kappa shape index (κ2) is 9.45. The van der Waals surface area contributed by atoms with Crippen LogP contribution in [0.4, 0.5) is 39.5 Å². The molecule has 0 aromatic carbocycles. The van der Waals surface area contributed by atoms with E-state index < -0.39 is 61.7 Å². The first-order chi connectivity index (χ1) is 14.3. The Balaban J connectivity index is 2.06. The summed E-state index contributed by atoms with van der Waals surface area (Å²) >= 11 is 0. The van der Waals surface area contributed by atoms with Crippen molar-refractivity contribution < 1.29 is 39.5 Å². The SMILES string of the molecule is FC(F)(F)[C@@H]1CCCC[C@H]1[SiH]([C@@H]1CCCC[C@@H]1C(F)(F)F)[C@H]1CCCC[C@H]1C(F)(F)F. The maximum Gasteiger partial charge on any atom is 0.391 e. The van der Waals surface area contributed by atoms with Gasteiger partial charge in [0.1, 0.15) is 0 Å². The van der Waals surface area contributed by atoms with Crippen LogP contribution in [0.2, 0.25) is 16.6 Å². The zero-order valence-corrected chi connectivity index (χ0v) is 18.6. The third-order valence-corrected chi connectivity index (χ3v) is 13.6. The van der Waals surface area contributed by atoms with Gasteiger partial charge in [0.2, 0.25) is 0 Å². The fourth-order valence-electron chi connectivity index (χ4n) is 7.03. The van der Waals surface area contributed by atoms with Gasteiger partial charge in [0, 0.05) is 8.80 Å². The molecule has 0 amide bonds. The highest BCUT2D eigenvalue weighted by atomic mass is 28.3. The molecular weight excluding hydrogens is 451 g/mol. The molecule has 0 heterocycles. The fraction of sp³-hybridized carbons (Fsp3) is 1.00. The van der Waals surface area contributed by atoms with Crippen molar-refractivity contribution in [2.24, 2.45) is 17.8 Å². The van der Waals surface area contributed by atoms with E-state index in [1.165, 1.54) is 0 Å². The number of halogens is 9. The first kappa shape index (κ1) is 25.2. The van der Waals surface area contributed by atoms with Gasteiger partial charge in [-0.25, -0.2) is 0 Å². The Morgan fingerprint density at radius 2 is 0.613 bits per heavy atom. The molecule has 7 atom stereocenters. The van der Waals surface area contributed by atoms with Crippen LogP contribution in [0.15, 0.2) is 0 Å². The summed E-state index contributed by atoms with van der Waals surface area (Å²) in [5.74, 6) is -5.24. The van der Waals surface area contributed by atoms with E-state index >= 15 is 0 Å². The van der Waals surface area contributed by atoms with E-state index in [4.69, 9.17) is 0 Å². The zero-order valence-electron chi connectivity index (χ0n) is 17.4. The lowest BCUT2D eigenvalue weighted by atomic mass is 9.86. The molecule has 0 aromatic rings. The molecule has 3 aliphatic rings. The minimum atomic E-state index is -4.57. The van der Waals surface area contributed by atoms with E-state index in [9.17, 15) is 39.5 Å². The minimum absolute atomic E-state index is 0.128. The van der Waals surface area contributed by atoms with Crippen LogP contribution in [0, 0.1) is 17.8 Å². The molecule has 0 aromatic heterocycles. The predicted molar refractivity (Wildman–Crippen MR) is 102 cm³/mol. The normalized spacial score (nSPS) is 37.5. The van der Waals surface area contributed by atoms with Gasteiger partial charge in [-0.3, -0.25) is 0 Å². The van der Waals surface area contributed by atoms with Crippen molar-refractivity contribution in [3.63, 3.8) is 0 Å². The average Bonchev–Trinajstić information content (AvgIpc) is 2.67. The van der Waals surface area contributed by atoms with Gasteiger partial charge in [-0.2, -0.15) is 39.5 Å². The van der Waals surface area contributed by atoms with Crippen molar-refractivity contribution in [2.75, 3.05) is 0 Å². The molecule has 0 aliphatic heterocycles. The van der Waals surface area contributed by atoms with E-state index in [-0.39, 0.29) is 38.5 Å². The molecule has 0 bridgehead atoms. The molecule has 31 heavy (non-hydrogen) atoms. The molecule has 1 unspecified atom stereocenters. The van der Waals surface area contributed by atoms with Gasteiger partial charge in [0.15, 0.2) is 0 Å².